The summed E-state index contributed by atoms with van der Waals surface area (Å²) in [6.45, 7) is 19.1. The van der Waals surface area contributed by atoms with Crippen LogP contribution in [0, 0.1) is 56.7 Å². The van der Waals surface area contributed by atoms with Gasteiger partial charge in [0, 0.05) is 10.8 Å². The number of carbonyl (C=O) groups excluding carboxylic acids is 2. The number of rotatable bonds is 8. The Hall–Kier alpha value is -3.94. The zero-order chi connectivity index (χ0) is 39.0. The fourth-order valence-electron chi connectivity index (χ4n) is 13.9. The number of carboxylic acid groups (broad SMARTS) is 2. The largest absolute Gasteiger partial charge is 0.478 e. The molecule has 0 saturated heterocycles. The predicted molar refractivity (Wildman–Crippen MR) is 205 cm³/mol. The quantitative estimate of drug-likeness (QED) is 0.202. The third-order valence-electron chi connectivity index (χ3n) is 16.7. The number of hydrogen-bond acceptors (Lipinski definition) is 6. The fourth-order valence-corrected chi connectivity index (χ4v) is 13.9. The molecule has 0 radical (unpaired) electrons. The van der Waals surface area contributed by atoms with Gasteiger partial charge in [-0.05, 0) is 141 Å². The van der Waals surface area contributed by atoms with Crippen molar-refractivity contribution in [2.75, 3.05) is 6.61 Å². The van der Waals surface area contributed by atoms with Gasteiger partial charge in [-0.15, -0.1) is 0 Å². The second kappa shape index (κ2) is 13.4. The Morgan fingerprint density at radius 3 is 1.87 bits per heavy atom. The molecule has 2 aromatic carbocycles. The maximum Gasteiger partial charge on any atom is 0.339 e. The summed E-state index contributed by atoms with van der Waals surface area (Å²) >= 11 is 0. The zero-order valence-electron chi connectivity index (χ0n) is 32.9. The van der Waals surface area contributed by atoms with Gasteiger partial charge < -0.3 is 19.7 Å². The lowest BCUT2D eigenvalue weighted by atomic mass is 9.32. The van der Waals surface area contributed by atoms with Crippen molar-refractivity contribution in [3.8, 4) is 0 Å². The highest BCUT2D eigenvalue weighted by Crippen LogP contribution is 2.77. The average molecular weight is 739 g/mol. The Bertz CT molecular complexity index is 1880. The van der Waals surface area contributed by atoms with Gasteiger partial charge in [0.05, 0.1) is 28.9 Å². The van der Waals surface area contributed by atoms with Crippen LogP contribution in [0.5, 0.6) is 0 Å². The summed E-state index contributed by atoms with van der Waals surface area (Å²) in [6, 6.07) is 12.6. The highest BCUT2D eigenvalue weighted by molar-refractivity contribution is 6.03. The number of hydrogen-bond donors (Lipinski definition) is 2. The van der Waals surface area contributed by atoms with Crippen LogP contribution >= 0.6 is 0 Å². The smallest absolute Gasteiger partial charge is 0.339 e. The van der Waals surface area contributed by atoms with Crippen LogP contribution in [0.3, 0.4) is 0 Å². The van der Waals surface area contributed by atoms with Crippen LogP contribution in [0.25, 0.3) is 0 Å². The van der Waals surface area contributed by atoms with Crippen LogP contribution in [-0.2, 0) is 9.47 Å². The number of carbonyl (C=O) groups is 4. The number of aromatic carboxylic acids is 2. The number of benzene rings is 2. The van der Waals surface area contributed by atoms with Gasteiger partial charge in [-0.1, -0.05) is 71.0 Å². The van der Waals surface area contributed by atoms with Crippen LogP contribution in [-0.4, -0.2) is 46.8 Å². The lowest BCUT2D eigenvalue weighted by Gasteiger charge is -2.73. The molecular weight excluding hydrogens is 680 g/mol. The van der Waals surface area contributed by atoms with Crippen LogP contribution in [0.2, 0.25) is 0 Å². The second-order valence-corrected chi connectivity index (χ2v) is 19.1. The van der Waals surface area contributed by atoms with Crippen molar-refractivity contribution >= 4 is 23.9 Å². The minimum atomic E-state index is -1.14. The first-order valence-electron chi connectivity index (χ1n) is 20.1. The molecule has 0 aliphatic heterocycles. The Kier molecular flexibility index (Phi) is 9.49. The van der Waals surface area contributed by atoms with E-state index in [1.807, 2.05) is 0 Å². The van der Waals surface area contributed by atoms with Gasteiger partial charge >= 0.3 is 23.9 Å². The molecule has 7 rings (SSSR count). The molecule has 10 atom stereocenters. The van der Waals surface area contributed by atoms with Gasteiger partial charge in [0.2, 0.25) is 0 Å². The van der Waals surface area contributed by atoms with E-state index < -0.39 is 23.9 Å². The summed E-state index contributed by atoms with van der Waals surface area (Å²) in [6.07, 6.45) is 9.77. The number of allylic oxidation sites excluding steroid dienone is 1. The van der Waals surface area contributed by atoms with Crippen molar-refractivity contribution in [3.05, 3.63) is 82.9 Å². The highest BCUT2D eigenvalue weighted by atomic mass is 16.5. The van der Waals surface area contributed by atoms with E-state index >= 15 is 0 Å². The van der Waals surface area contributed by atoms with Gasteiger partial charge in [0.1, 0.15) is 6.10 Å². The third-order valence-corrected chi connectivity index (χ3v) is 16.7. The van der Waals surface area contributed by atoms with E-state index in [0.29, 0.717) is 36.2 Å². The third kappa shape index (κ3) is 5.67. The topological polar surface area (TPSA) is 127 Å². The van der Waals surface area contributed by atoms with E-state index in [2.05, 4.69) is 48.1 Å². The molecule has 2 aromatic rings. The summed E-state index contributed by atoms with van der Waals surface area (Å²) in [5.74, 6) is -1.43. The number of ether oxygens (including phenoxy) is 2. The van der Waals surface area contributed by atoms with Crippen molar-refractivity contribution in [2.24, 2.45) is 56.7 Å². The second-order valence-electron chi connectivity index (χ2n) is 19.1. The van der Waals surface area contributed by atoms with E-state index in [-0.39, 0.29) is 55.4 Å². The van der Waals surface area contributed by atoms with E-state index in [9.17, 15) is 29.4 Å². The van der Waals surface area contributed by atoms with Crippen molar-refractivity contribution in [1.29, 1.82) is 0 Å². The predicted octanol–water partition coefficient (Wildman–Crippen LogP) is 10.1. The maximum absolute atomic E-state index is 13.5. The molecule has 5 aliphatic carbocycles. The summed E-state index contributed by atoms with van der Waals surface area (Å²) in [5, 5.41) is 19.5. The van der Waals surface area contributed by atoms with Crippen molar-refractivity contribution < 1.29 is 38.9 Å². The minimum Gasteiger partial charge on any atom is -0.478 e. The van der Waals surface area contributed by atoms with Crippen molar-refractivity contribution in [2.45, 2.75) is 112 Å². The van der Waals surface area contributed by atoms with Crippen LogP contribution in [0.1, 0.15) is 147 Å². The Balaban J connectivity index is 1.14. The molecule has 5 saturated carbocycles. The first-order chi connectivity index (χ1) is 25.4. The molecule has 0 aromatic heterocycles. The average Bonchev–Trinajstić information content (AvgIpc) is 3.52. The van der Waals surface area contributed by atoms with E-state index in [0.717, 1.165) is 64.2 Å². The standard InChI is InChI=1S/C46H58O8/c1-27(2)28-18-23-46(26-53-40(51)31-14-10-8-12-29(31)38(47)48)25-24-44(6)33(37(28)46)16-17-35-43(5)21-20-36(42(3,4)34(43)19-22-45(35,44)7)54-41(52)32-15-11-9-13-30(32)39(49)50/h8-15,28,33-37H,1,16-26H2,2-7H3,(H,47,48)(H,49,50)/t28-,33+,34-,35+,36-,37+,43+,44+,45+,46+/m0/s1. The van der Waals surface area contributed by atoms with Gasteiger partial charge in [-0.3, -0.25) is 0 Å². The Labute approximate surface area is 320 Å². The summed E-state index contributed by atoms with van der Waals surface area (Å²) in [7, 11) is 0. The Morgan fingerprint density at radius 1 is 0.685 bits per heavy atom. The normalized spacial score (nSPS) is 37.7. The van der Waals surface area contributed by atoms with Gasteiger partial charge in [-0.25, -0.2) is 19.2 Å². The van der Waals surface area contributed by atoms with Gasteiger partial charge in [0.25, 0.3) is 0 Å². The lowest BCUT2D eigenvalue weighted by Crippen LogP contribution is -2.67. The first-order valence-corrected chi connectivity index (χ1v) is 20.1. The van der Waals surface area contributed by atoms with E-state index in [1.165, 1.54) is 17.7 Å². The molecule has 0 unspecified atom stereocenters. The molecule has 0 spiro atoms. The van der Waals surface area contributed by atoms with E-state index in [1.54, 1.807) is 36.4 Å². The van der Waals surface area contributed by atoms with Crippen molar-refractivity contribution in [3.63, 3.8) is 0 Å². The van der Waals surface area contributed by atoms with Crippen LogP contribution in [0.15, 0.2) is 60.7 Å². The molecular formula is C46H58O8. The SMILES string of the molecule is C=C(C)[C@@H]1CC[C@]2(COC(=O)c3ccccc3C(=O)O)CC[C@]3(C)[C@H](CC[C@@H]4[C@]5(C)CC[C@H](OC(=O)c6ccccc6C(=O)O)C(C)(C)[C@@H]5CC[C@]43C)[C@@H]12. The molecule has 8 heteroatoms. The lowest BCUT2D eigenvalue weighted by molar-refractivity contribution is -0.249. The fraction of sp³-hybridized carbons (Fsp3) is 0.609. The molecule has 290 valence electrons. The molecule has 54 heavy (non-hydrogen) atoms. The molecule has 8 nitrogen and oxygen atoms in total. The number of esters is 2. The zero-order valence-corrected chi connectivity index (χ0v) is 32.9. The summed E-state index contributed by atoms with van der Waals surface area (Å²) in [5.41, 5.74) is 1.09. The van der Waals surface area contributed by atoms with Crippen LogP contribution < -0.4 is 0 Å². The monoisotopic (exact) mass is 738 g/mol. The molecule has 0 bridgehead atoms. The molecule has 0 amide bonds. The molecule has 2 N–H and O–H groups in total. The number of carboxylic acids is 2. The van der Waals surface area contributed by atoms with Crippen LogP contribution in [0.4, 0.5) is 0 Å². The van der Waals surface area contributed by atoms with Gasteiger partial charge in [-0.2, -0.15) is 0 Å². The first kappa shape index (κ1) is 38.3. The molecule has 5 aliphatic rings. The van der Waals surface area contributed by atoms with E-state index in [4.69, 9.17) is 9.47 Å². The minimum absolute atomic E-state index is 0.0336. The van der Waals surface area contributed by atoms with Gasteiger partial charge in [0.15, 0.2) is 0 Å². The summed E-state index contributed by atoms with van der Waals surface area (Å²) < 4.78 is 12.4. The maximum atomic E-state index is 13.5. The van der Waals surface area contributed by atoms with Crippen molar-refractivity contribution in [1.82, 2.24) is 0 Å². The molecule has 5 fully saturated rings. The summed E-state index contributed by atoms with van der Waals surface area (Å²) in [4.78, 5) is 50.7. The Morgan fingerprint density at radius 2 is 1.28 bits per heavy atom. The molecule has 0 heterocycles. The highest BCUT2D eigenvalue weighted by Gasteiger charge is 2.71. The number of fused-ring (bicyclic) bond motifs is 7.